The van der Waals surface area contributed by atoms with E-state index in [1.165, 1.54) is 0 Å². The van der Waals surface area contributed by atoms with Gasteiger partial charge in [0.15, 0.2) is 0 Å². The SMILES string of the molecule is C[Si](C)(C)C#C[C@H](O)[C@@H](Br)[Si](C)(C)C. The van der Waals surface area contributed by atoms with Gasteiger partial charge in [-0.3, -0.25) is 0 Å². The van der Waals surface area contributed by atoms with E-state index in [9.17, 15) is 5.11 Å². The lowest BCUT2D eigenvalue weighted by molar-refractivity contribution is 0.248. The second kappa shape index (κ2) is 4.97. The third-order valence-corrected chi connectivity index (χ3v) is 9.19. The maximum absolute atomic E-state index is 9.85. The van der Waals surface area contributed by atoms with Crippen LogP contribution in [0.25, 0.3) is 0 Å². The summed E-state index contributed by atoms with van der Waals surface area (Å²) in [5.41, 5.74) is 3.21. The van der Waals surface area contributed by atoms with Crippen LogP contribution in [-0.4, -0.2) is 31.8 Å². The molecule has 0 aromatic carbocycles. The second-order valence-electron chi connectivity index (χ2n) is 5.73. The minimum atomic E-state index is -1.35. The van der Waals surface area contributed by atoms with E-state index in [1.54, 1.807) is 0 Å². The predicted octanol–water partition coefficient (Wildman–Crippen LogP) is 2.87. The van der Waals surface area contributed by atoms with Gasteiger partial charge in [-0.2, -0.15) is 0 Å². The van der Waals surface area contributed by atoms with Crippen molar-refractivity contribution in [3.63, 3.8) is 0 Å². The molecule has 4 heteroatoms. The lowest BCUT2D eigenvalue weighted by Crippen LogP contribution is -2.41. The highest BCUT2D eigenvalue weighted by Gasteiger charge is 2.29. The highest BCUT2D eigenvalue weighted by molar-refractivity contribution is 9.10. The fourth-order valence-corrected chi connectivity index (χ4v) is 2.58. The smallest absolute Gasteiger partial charge is 0.129 e. The molecule has 0 fully saturated rings. The largest absolute Gasteiger partial charge is 0.380 e. The van der Waals surface area contributed by atoms with E-state index < -0.39 is 22.3 Å². The summed E-state index contributed by atoms with van der Waals surface area (Å²) < 4.78 is 0.166. The molecule has 1 N–H and O–H groups in total. The molecule has 0 radical (unpaired) electrons. The Morgan fingerprint density at radius 2 is 1.50 bits per heavy atom. The molecule has 0 saturated heterocycles. The summed E-state index contributed by atoms with van der Waals surface area (Å²) in [5.74, 6) is 2.98. The van der Waals surface area contributed by atoms with Gasteiger partial charge in [0, 0.05) is 4.45 Å². The van der Waals surface area contributed by atoms with Gasteiger partial charge in [0.25, 0.3) is 0 Å². The van der Waals surface area contributed by atoms with Crippen LogP contribution < -0.4 is 0 Å². The second-order valence-corrected chi connectivity index (χ2v) is 17.7. The molecule has 0 heterocycles. The molecule has 0 aliphatic rings. The Hall–Kier alpha value is 0.434. The van der Waals surface area contributed by atoms with E-state index in [2.05, 4.69) is 66.7 Å². The molecule has 0 amide bonds. The van der Waals surface area contributed by atoms with Crippen LogP contribution in [0.3, 0.4) is 0 Å². The van der Waals surface area contributed by atoms with Gasteiger partial charge in [-0.15, -0.1) is 5.54 Å². The fourth-order valence-electron chi connectivity index (χ4n) is 0.837. The third-order valence-electron chi connectivity index (χ3n) is 1.70. The normalized spacial score (nSPS) is 16.9. The van der Waals surface area contributed by atoms with Gasteiger partial charge in [-0.05, 0) is 0 Å². The minimum absolute atomic E-state index is 0.166. The van der Waals surface area contributed by atoms with Crippen LogP contribution >= 0.6 is 15.9 Å². The standard InChI is InChI=1S/C10H21BrOSi2/c1-13(2,3)8-7-9(12)10(11)14(4,5)6/h9-10,12H,1-6H3/t9-,10-/m0/s1. The first-order valence-corrected chi connectivity index (χ1v) is 12.9. The van der Waals surface area contributed by atoms with Crippen molar-refractivity contribution in [2.45, 2.75) is 49.8 Å². The Balaban J connectivity index is 4.48. The average Bonchev–Trinajstić information content (AvgIpc) is 1.95. The first-order valence-electron chi connectivity index (χ1n) is 4.89. The predicted molar refractivity (Wildman–Crippen MR) is 73.2 cm³/mol. The van der Waals surface area contributed by atoms with Crippen molar-refractivity contribution in [1.82, 2.24) is 0 Å². The lowest BCUT2D eigenvalue weighted by Gasteiger charge is -2.25. The quantitative estimate of drug-likeness (QED) is 0.471. The molecule has 0 aliphatic heterocycles. The molecule has 0 spiro atoms. The van der Waals surface area contributed by atoms with Gasteiger partial charge >= 0.3 is 0 Å². The first-order chi connectivity index (χ1) is 6.04. The molecule has 0 aromatic rings. The van der Waals surface area contributed by atoms with Gasteiger partial charge in [-0.1, -0.05) is 61.1 Å². The van der Waals surface area contributed by atoms with Crippen molar-refractivity contribution in [3.8, 4) is 11.5 Å². The molecule has 2 atom stereocenters. The Labute approximate surface area is 98.4 Å². The highest BCUT2D eigenvalue weighted by atomic mass is 79.9. The Morgan fingerprint density at radius 3 is 1.79 bits per heavy atom. The average molecular weight is 293 g/mol. The third kappa shape index (κ3) is 6.02. The summed E-state index contributed by atoms with van der Waals surface area (Å²) in [4.78, 5) is 0. The molecular weight excluding hydrogens is 272 g/mol. The number of hydrogen-bond acceptors (Lipinski definition) is 1. The van der Waals surface area contributed by atoms with E-state index in [4.69, 9.17) is 0 Å². The topological polar surface area (TPSA) is 20.2 Å². The zero-order valence-corrected chi connectivity index (χ0v) is 13.6. The van der Waals surface area contributed by atoms with Crippen LogP contribution in [-0.2, 0) is 0 Å². The Kier molecular flexibility index (Phi) is 5.13. The molecule has 0 saturated carbocycles. The zero-order valence-electron chi connectivity index (χ0n) is 9.98. The lowest BCUT2D eigenvalue weighted by atomic mass is 10.4. The molecule has 0 bridgehead atoms. The van der Waals surface area contributed by atoms with Crippen LogP contribution in [0.5, 0.6) is 0 Å². The summed E-state index contributed by atoms with van der Waals surface area (Å²) >= 11 is 3.56. The van der Waals surface area contributed by atoms with E-state index in [-0.39, 0.29) is 4.45 Å². The van der Waals surface area contributed by atoms with Gasteiger partial charge in [0.05, 0.1) is 8.07 Å². The van der Waals surface area contributed by atoms with Crippen LogP contribution in [0, 0.1) is 11.5 Å². The van der Waals surface area contributed by atoms with Gasteiger partial charge < -0.3 is 5.11 Å². The molecule has 14 heavy (non-hydrogen) atoms. The van der Waals surface area contributed by atoms with Crippen LogP contribution in [0.15, 0.2) is 0 Å². The summed E-state index contributed by atoms with van der Waals surface area (Å²) in [6.07, 6.45) is -0.506. The maximum Gasteiger partial charge on any atom is 0.129 e. The molecule has 1 nitrogen and oxygen atoms in total. The Bertz CT molecular complexity index is 242. The van der Waals surface area contributed by atoms with Crippen molar-refractivity contribution < 1.29 is 5.11 Å². The van der Waals surface area contributed by atoms with E-state index in [1.807, 2.05) is 0 Å². The molecular formula is C10H21BrOSi2. The monoisotopic (exact) mass is 292 g/mol. The number of alkyl halides is 1. The fraction of sp³-hybridized carbons (Fsp3) is 0.800. The highest BCUT2D eigenvalue weighted by Crippen LogP contribution is 2.19. The van der Waals surface area contributed by atoms with Crippen molar-refractivity contribution in [2.75, 3.05) is 0 Å². The number of halogens is 1. The van der Waals surface area contributed by atoms with E-state index in [0.717, 1.165) is 0 Å². The summed E-state index contributed by atoms with van der Waals surface area (Å²) in [6, 6.07) is 0. The van der Waals surface area contributed by atoms with E-state index in [0.29, 0.717) is 0 Å². The zero-order chi connectivity index (χ0) is 11.6. The first kappa shape index (κ1) is 14.4. The number of rotatable bonds is 2. The van der Waals surface area contributed by atoms with Crippen molar-refractivity contribution in [1.29, 1.82) is 0 Å². The van der Waals surface area contributed by atoms with Gasteiger partial charge in [-0.25, -0.2) is 0 Å². The van der Waals surface area contributed by atoms with Crippen molar-refractivity contribution >= 4 is 32.1 Å². The minimum Gasteiger partial charge on any atom is -0.380 e. The van der Waals surface area contributed by atoms with Crippen LogP contribution in [0.2, 0.25) is 39.3 Å². The van der Waals surface area contributed by atoms with Crippen molar-refractivity contribution in [2.24, 2.45) is 0 Å². The van der Waals surface area contributed by atoms with Crippen molar-refractivity contribution in [3.05, 3.63) is 0 Å². The van der Waals surface area contributed by atoms with Crippen LogP contribution in [0.1, 0.15) is 0 Å². The summed E-state index contributed by atoms with van der Waals surface area (Å²) in [5, 5.41) is 9.85. The van der Waals surface area contributed by atoms with Gasteiger partial charge in [0.2, 0.25) is 0 Å². The summed E-state index contributed by atoms with van der Waals surface area (Å²) in [7, 11) is -2.69. The van der Waals surface area contributed by atoms with E-state index >= 15 is 0 Å². The molecule has 0 aromatic heterocycles. The molecule has 0 unspecified atom stereocenters. The molecule has 0 rings (SSSR count). The summed E-state index contributed by atoms with van der Waals surface area (Å²) in [6.45, 7) is 13.2. The van der Waals surface area contributed by atoms with Crippen LogP contribution in [0.4, 0.5) is 0 Å². The van der Waals surface area contributed by atoms with Gasteiger partial charge in [0.1, 0.15) is 14.2 Å². The number of aliphatic hydroxyl groups excluding tert-OH is 1. The maximum atomic E-state index is 9.85. The molecule has 0 aliphatic carbocycles. The molecule has 82 valence electrons. The Morgan fingerprint density at radius 1 is 1.07 bits per heavy atom. The number of hydrogen-bond donors (Lipinski definition) is 1. The number of aliphatic hydroxyl groups is 1.